The van der Waals surface area contributed by atoms with Crippen LogP contribution in [0.2, 0.25) is 0 Å². The molecule has 4 nitrogen and oxygen atoms in total. The number of hydrogen-bond donors (Lipinski definition) is 0. The standard InChI is InChI=1S/C17H25NO3S/c1-4-5-6-7-16(19)18-8-9-22-17(18)13-10-14(20-2)12-15(11-13)21-3/h10-12,17H,4-9H2,1-3H3/t17-/m0/s1. The average molecular weight is 323 g/mol. The van der Waals surface area contributed by atoms with Crippen molar-refractivity contribution >= 4 is 17.7 Å². The molecule has 1 aromatic rings. The fourth-order valence-corrected chi connectivity index (χ4v) is 3.90. The summed E-state index contributed by atoms with van der Waals surface area (Å²) in [6, 6.07) is 5.85. The second-order valence-corrected chi connectivity index (χ2v) is 6.60. The summed E-state index contributed by atoms with van der Waals surface area (Å²) in [5, 5.41) is 0.0677. The molecular weight excluding hydrogens is 298 g/mol. The topological polar surface area (TPSA) is 38.8 Å². The summed E-state index contributed by atoms with van der Waals surface area (Å²) in [5.41, 5.74) is 1.07. The highest BCUT2D eigenvalue weighted by atomic mass is 32.2. The summed E-state index contributed by atoms with van der Waals surface area (Å²) >= 11 is 1.80. The minimum Gasteiger partial charge on any atom is -0.497 e. The van der Waals surface area contributed by atoms with Crippen molar-refractivity contribution in [1.82, 2.24) is 4.90 Å². The largest absolute Gasteiger partial charge is 0.497 e. The van der Waals surface area contributed by atoms with Crippen LogP contribution >= 0.6 is 11.8 Å². The molecule has 1 fully saturated rings. The molecule has 1 atom stereocenters. The Bertz CT molecular complexity index is 484. The number of amides is 1. The molecule has 1 saturated heterocycles. The molecule has 5 heteroatoms. The lowest BCUT2D eigenvalue weighted by Crippen LogP contribution is -2.30. The van der Waals surface area contributed by atoms with Gasteiger partial charge in [-0.25, -0.2) is 0 Å². The molecule has 0 saturated carbocycles. The van der Waals surface area contributed by atoms with Crippen LogP contribution in [0.25, 0.3) is 0 Å². The van der Waals surface area contributed by atoms with Gasteiger partial charge in [-0.3, -0.25) is 4.79 Å². The van der Waals surface area contributed by atoms with E-state index in [-0.39, 0.29) is 11.3 Å². The van der Waals surface area contributed by atoms with Crippen LogP contribution in [0.4, 0.5) is 0 Å². The fourth-order valence-electron chi connectivity index (χ4n) is 2.64. The number of carbonyl (C=O) groups is 1. The molecule has 1 aliphatic heterocycles. The lowest BCUT2D eigenvalue weighted by atomic mass is 10.1. The molecule has 2 rings (SSSR count). The van der Waals surface area contributed by atoms with Crippen LogP contribution in [0.1, 0.15) is 43.5 Å². The van der Waals surface area contributed by atoms with E-state index in [2.05, 4.69) is 6.92 Å². The summed E-state index contributed by atoms with van der Waals surface area (Å²) < 4.78 is 10.7. The molecule has 0 radical (unpaired) electrons. The molecule has 122 valence electrons. The molecule has 1 aliphatic rings. The first-order valence-electron chi connectivity index (χ1n) is 7.83. The Morgan fingerprint density at radius 3 is 2.50 bits per heavy atom. The first-order valence-corrected chi connectivity index (χ1v) is 8.88. The van der Waals surface area contributed by atoms with Crippen LogP contribution in [-0.2, 0) is 4.79 Å². The number of benzene rings is 1. The van der Waals surface area contributed by atoms with Crippen molar-refractivity contribution in [3.63, 3.8) is 0 Å². The molecule has 0 aromatic heterocycles. The van der Waals surface area contributed by atoms with Gasteiger partial charge in [0.25, 0.3) is 0 Å². The van der Waals surface area contributed by atoms with Gasteiger partial charge in [0.05, 0.1) is 14.2 Å². The zero-order valence-electron chi connectivity index (χ0n) is 13.6. The lowest BCUT2D eigenvalue weighted by molar-refractivity contribution is -0.131. The molecule has 0 spiro atoms. The normalized spacial score (nSPS) is 17.6. The molecule has 0 N–H and O–H groups in total. The molecule has 0 bridgehead atoms. The second kappa shape index (κ2) is 8.32. The Morgan fingerprint density at radius 2 is 1.91 bits per heavy atom. The van der Waals surface area contributed by atoms with Gasteiger partial charge in [0.1, 0.15) is 16.9 Å². The van der Waals surface area contributed by atoms with Crippen molar-refractivity contribution < 1.29 is 14.3 Å². The van der Waals surface area contributed by atoms with Crippen molar-refractivity contribution in [2.45, 2.75) is 38.0 Å². The Labute approximate surface area is 137 Å². The van der Waals surface area contributed by atoms with E-state index in [0.29, 0.717) is 6.42 Å². The SMILES string of the molecule is CCCCCC(=O)N1CCS[C@H]1c1cc(OC)cc(OC)c1. The summed E-state index contributed by atoms with van der Waals surface area (Å²) in [6.45, 7) is 2.97. The Hall–Kier alpha value is -1.36. The molecule has 1 amide bonds. The number of methoxy groups -OCH3 is 2. The van der Waals surface area contributed by atoms with Gasteiger partial charge in [-0.1, -0.05) is 19.8 Å². The van der Waals surface area contributed by atoms with Crippen molar-refractivity contribution in [1.29, 1.82) is 0 Å². The minimum absolute atomic E-state index is 0.0677. The predicted octanol–water partition coefficient (Wildman–Crippen LogP) is 3.86. The van der Waals surface area contributed by atoms with Crippen molar-refractivity contribution in [3.05, 3.63) is 23.8 Å². The van der Waals surface area contributed by atoms with Gasteiger partial charge in [0.2, 0.25) is 5.91 Å². The van der Waals surface area contributed by atoms with Crippen molar-refractivity contribution in [3.8, 4) is 11.5 Å². The highest BCUT2D eigenvalue weighted by Gasteiger charge is 2.30. The second-order valence-electron chi connectivity index (χ2n) is 5.41. The van der Waals surface area contributed by atoms with E-state index in [0.717, 1.165) is 48.6 Å². The van der Waals surface area contributed by atoms with Gasteiger partial charge in [-0.2, -0.15) is 0 Å². The van der Waals surface area contributed by atoms with Crippen LogP contribution in [0.5, 0.6) is 11.5 Å². The fraction of sp³-hybridized carbons (Fsp3) is 0.588. The van der Waals surface area contributed by atoms with Crippen LogP contribution in [-0.4, -0.2) is 37.3 Å². The first-order chi connectivity index (χ1) is 10.7. The predicted molar refractivity (Wildman–Crippen MR) is 90.6 cm³/mol. The number of rotatable bonds is 7. The van der Waals surface area contributed by atoms with Crippen LogP contribution in [0, 0.1) is 0 Å². The van der Waals surface area contributed by atoms with E-state index in [9.17, 15) is 4.79 Å². The molecule has 1 aromatic carbocycles. The third-order valence-electron chi connectivity index (χ3n) is 3.86. The van der Waals surface area contributed by atoms with E-state index < -0.39 is 0 Å². The number of ether oxygens (including phenoxy) is 2. The average Bonchev–Trinajstić information content (AvgIpc) is 3.04. The Kier molecular flexibility index (Phi) is 6.43. The van der Waals surface area contributed by atoms with Gasteiger partial charge in [0, 0.05) is 24.8 Å². The Balaban J connectivity index is 2.14. The quantitative estimate of drug-likeness (QED) is 0.714. The monoisotopic (exact) mass is 323 g/mol. The smallest absolute Gasteiger partial charge is 0.223 e. The van der Waals surface area contributed by atoms with Crippen molar-refractivity contribution in [2.75, 3.05) is 26.5 Å². The molecule has 1 heterocycles. The Morgan fingerprint density at radius 1 is 1.23 bits per heavy atom. The highest BCUT2D eigenvalue weighted by Crippen LogP contribution is 2.41. The van der Waals surface area contributed by atoms with Gasteiger partial charge in [-0.05, 0) is 24.1 Å². The van der Waals surface area contributed by atoms with Crippen LogP contribution in [0.3, 0.4) is 0 Å². The third-order valence-corrected chi connectivity index (χ3v) is 5.13. The first kappa shape index (κ1) is 17.0. The summed E-state index contributed by atoms with van der Waals surface area (Å²) in [6.07, 6.45) is 3.87. The van der Waals surface area contributed by atoms with Gasteiger partial charge < -0.3 is 14.4 Å². The number of hydrogen-bond acceptors (Lipinski definition) is 4. The molecule has 22 heavy (non-hydrogen) atoms. The van der Waals surface area contributed by atoms with Crippen LogP contribution in [0.15, 0.2) is 18.2 Å². The van der Waals surface area contributed by atoms with E-state index in [1.807, 2.05) is 23.1 Å². The number of unbranched alkanes of at least 4 members (excludes halogenated alkanes) is 2. The van der Waals surface area contributed by atoms with E-state index >= 15 is 0 Å². The van der Waals surface area contributed by atoms with Gasteiger partial charge in [-0.15, -0.1) is 11.8 Å². The number of thioether (sulfide) groups is 1. The highest BCUT2D eigenvalue weighted by molar-refractivity contribution is 7.99. The molecule has 0 aliphatic carbocycles. The summed E-state index contributed by atoms with van der Waals surface area (Å²) in [4.78, 5) is 14.5. The van der Waals surface area contributed by atoms with E-state index in [1.54, 1.807) is 26.0 Å². The molecule has 0 unspecified atom stereocenters. The maximum Gasteiger partial charge on any atom is 0.223 e. The minimum atomic E-state index is 0.0677. The number of nitrogens with zero attached hydrogens (tertiary/aromatic N) is 1. The summed E-state index contributed by atoms with van der Waals surface area (Å²) in [7, 11) is 3.29. The maximum atomic E-state index is 12.5. The van der Waals surface area contributed by atoms with E-state index in [4.69, 9.17) is 9.47 Å². The van der Waals surface area contributed by atoms with Crippen LogP contribution < -0.4 is 9.47 Å². The lowest BCUT2D eigenvalue weighted by Gasteiger charge is -2.25. The number of carbonyl (C=O) groups excluding carboxylic acids is 1. The van der Waals surface area contributed by atoms with Gasteiger partial charge in [0.15, 0.2) is 0 Å². The third kappa shape index (κ3) is 4.09. The van der Waals surface area contributed by atoms with Gasteiger partial charge >= 0.3 is 0 Å². The summed E-state index contributed by atoms with van der Waals surface area (Å²) in [5.74, 6) is 2.76. The zero-order valence-corrected chi connectivity index (χ0v) is 14.4. The molecular formula is C17H25NO3S. The van der Waals surface area contributed by atoms with E-state index in [1.165, 1.54) is 0 Å². The van der Waals surface area contributed by atoms with Crippen molar-refractivity contribution in [2.24, 2.45) is 0 Å². The zero-order chi connectivity index (χ0) is 15.9. The maximum absolute atomic E-state index is 12.5.